The van der Waals surface area contributed by atoms with Gasteiger partial charge in [-0.05, 0) is 29.8 Å². The number of carboxylic acids is 1. The van der Waals surface area contributed by atoms with Gasteiger partial charge in [0.05, 0.1) is 0 Å². The van der Waals surface area contributed by atoms with E-state index in [4.69, 9.17) is 9.47 Å². The third-order valence-corrected chi connectivity index (χ3v) is 3.64. The van der Waals surface area contributed by atoms with E-state index >= 15 is 0 Å². The Kier molecular flexibility index (Phi) is 4.35. The first-order valence-electron chi connectivity index (χ1n) is 7.22. The Morgan fingerprint density at radius 1 is 1.04 bits per heavy atom. The topological polar surface area (TPSA) is 105 Å². The van der Waals surface area contributed by atoms with Gasteiger partial charge in [0.1, 0.15) is 6.10 Å². The molecule has 0 saturated carbocycles. The summed E-state index contributed by atoms with van der Waals surface area (Å²) < 4.78 is 10.4. The van der Waals surface area contributed by atoms with Crippen molar-refractivity contribution < 1.29 is 29.3 Å². The van der Waals surface area contributed by atoms with E-state index in [2.05, 4.69) is 5.32 Å². The zero-order valence-electron chi connectivity index (χ0n) is 12.5. The maximum Gasteiger partial charge on any atom is 0.329 e. The standard InChI is InChI=1S/C17H15NO6/c19-15(11-6-7-12-13(8-11)24-9-23-12)14(17(21)22)18-16(20)10-4-2-1-3-5-10/h1-8,14-15,19H,9H2,(H,18,20)(H,21,22)/t14-,15?/m0/s1. The lowest BCUT2D eigenvalue weighted by molar-refractivity contribution is -0.142. The summed E-state index contributed by atoms with van der Waals surface area (Å²) >= 11 is 0. The molecule has 2 atom stereocenters. The molecule has 7 nitrogen and oxygen atoms in total. The SMILES string of the molecule is O=C(N[C@H](C(=O)O)C(O)c1ccc2c(c1)OCO2)c1ccccc1. The fourth-order valence-electron chi connectivity index (χ4n) is 2.38. The van der Waals surface area contributed by atoms with Gasteiger partial charge in [0.25, 0.3) is 5.91 Å². The number of hydrogen-bond donors (Lipinski definition) is 3. The maximum absolute atomic E-state index is 12.2. The van der Waals surface area contributed by atoms with Crippen LogP contribution in [0.15, 0.2) is 48.5 Å². The van der Waals surface area contributed by atoms with Gasteiger partial charge in [0.15, 0.2) is 17.5 Å². The van der Waals surface area contributed by atoms with Crippen LogP contribution in [-0.2, 0) is 4.79 Å². The van der Waals surface area contributed by atoms with E-state index in [0.29, 0.717) is 22.6 Å². The molecule has 0 aromatic heterocycles. The Bertz CT molecular complexity index is 761. The molecule has 0 aliphatic carbocycles. The molecule has 0 bridgehead atoms. The number of rotatable bonds is 5. The minimum absolute atomic E-state index is 0.0714. The van der Waals surface area contributed by atoms with E-state index in [1.165, 1.54) is 12.1 Å². The van der Waals surface area contributed by atoms with E-state index in [0.717, 1.165) is 0 Å². The van der Waals surface area contributed by atoms with Crippen molar-refractivity contribution in [3.05, 3.63) is 59.7 Å². The molecule has 1 unspecified atom stereocenters. The van der Waals surface area contributed by atoms with Crippen molar-refractivity contribution in [1.82, 2.24) is 5.32 Å². The van der Waals surface area contributed by atoms with Crippen molar-refractivity contribution in [2.75, 3.05) is 6.79 Å². The smallest absolute Gasteiger partial charge is 0.329 e. The van der Waals surface area contributed by atoms with Crippen molar-refractivity contribution in [3.63, 3.8) is 0 Å². The summed E-state index contributed by atoms with van der Waals surface area (Å²) in [5.74, 6) is -0.983. The quantitative estimate of drug-likeness (QED) is 0.764. The Hall–Kier alpha value is -3.06. The van der Waals surface area contributed by atoms with E-state index in [1.807, 2.05) is 0 Å². The van der Waals surface area contributed by atoms with E-state index in [-0.39, 0.29) is 6.79 Å². The second kappa shape index (κ2) is 6.59. The number of aliphatic hydroxyl groups is 1. The molecule has 3 N–H and O–H groups in total. The zero-order chi connectivity index (χ0) is 17.1. The fraction of sp³-hybridized carbons (Fsp3) is 0.176. The van der Waals surface area contributed by atoms with Gasteiger partial charge in [0, 0.05) is 5.56 Å². The molecule has 3 rings (SSSR count). The molecule has 1 heterocycles. The van der Waals surface area contributed by atoms with Crippen LogP contribution in [0.5, 0.6) is 11.5 Å². The number of fused-ring (bicyclic) bond motifs is 1. The Balaban J connectivity index is 1.80. The molecular weight excluding hydrogens is 314 g/mol. The number of nitrogens with one attached hydrogen (secondary N) is 1. The number of ether oxygens (including phenoxy) is 2. The number of aliphatic carboxylic acids is 1. The second-order valence-corrected chi connectivity index (χ2v) is 5.21. The average Bonchev–Trinajstić information content (AvgIpc) is 3.07. The van der Waals surface area contributed by atoms with E-state index in [9.17, 15) is 19.8 Å². The molecular formula is C17H15NO6. The summed E-state index contributed by atoms with van der Waals surface area (Å²) in [6.45, 7) is 0.0714. The van der Waals surface area contributed by atoms with E-state index in [1.54, 1.807) is 36.4 Å². The highest BCUT2D eigenvalue weighted by molar-refractivity contribution is 5.96. The van der Waals surface area contributed by atoms with Crippen LogP contribution in [-0.4, -0.2) is 34.9 Å². The van der Waals surface area contributed by atoms with Gasteiger partial charge in [-0.3, -0.25) is 4.79 Å². The van der Waals surface area contributed by atoms with Gasteiger partial charge in [0.2, 0.25) is 6.79 Å². The molecule has 0 spiro atoms. The van der Waals surface area contributed by atoms with Crippen LogP contribution in [0, 0.1) is 0 Å². The first-order valence-corrected chi connectivity index (χ1v) is 7.22. The number of aliphatic hydroxyl groups excluding tert-OH is 1. The lowest BCUT2D eigenvalue weighted by Gasteiger charge is -2.21. The number of amides is 1. The van der Waals surface area contributed by atoms with Crippen molar-refractivity contribution in [3.8, 4) is 11.5 Å². The van der Waals surface area contributed by atoms with Gasteiger partial charge in [-0.15, -0.1) is 0 Å². The van der Waals surface area contributed by atoms with Gasteiger partial charge in [-0.2, -0.15) is 0 Å². The monoisotopic (exact) mass is 329 g/mol. The molecule has 124 valence electrons. The number of hydrogen-bond acceptors (Lipinski definition) is 5. The largest absolute Gasteiger partial charge is 0.480 e. The second-order valence-electron chi connectivity index (χ2n) is 5.21. The average molecular weight is 329 g/mol. The summed E-state index contributed by atoms with van der Waals surface area (Å²) in [5.41, 5.74) is 0.613. The maximum atomic E-state index is 12.2. The zero-order valence-corrected chi connectivity index (χ0v) is 12.5. The fourth-order valence-corrected chi connectivity index (χ4v) is 2.38. The predicted molar refractivity (Wildman–Crippen MR) is 82.9 cm³/mol. The van der Waals surface area contributed by atoms with Crippen LogP contribution < -0.4 is 14.8 Å². The van der Waals surface area contributed by atoms with Gasteiger partial charge < -0.3 is 25.0 Å². The molecule has 1 amide bonds. The summed E-state index contributed by atoms with van der Waals surface area (Å²) in [6.07, 6.45) is -1.44. The molecule has 1 aliphatic heterocycles. The summed E-state index contributed by atoms with van der Waals surface area (Å²) in [6, 6.07) is 11.3. The Morgan fingerprint density at radius 2 is 1.75 bits per heavy atom. The van der Waals surface area contributed by atoms with Gasteiger partial charge in [-0.25, -0.2) is 4.79 Å². The predicted octanol–water partition coefficient (Wildman–Crippen LogP) is 1.33. The third-order valence-electron chi connectivity index (χ3n) is 3.64. The van der Waals surface area contributed by atoms with Crippen LogP contribution in [0.25, 0.3) is 0 Å². The lowest BCUT2D eigenvalue weighted by atomic mass is 10.0. The van der Waals surface area contributed by atoms with Gasteiger partial charge in [-0.1, -0.05) is 24.3 Å². The molecule has 0 saturated heterocycles. The molecule has 2 aromatic carbocycles. The Morgan fingerprint density at radius 3 is 2.46 bits per heavy atom. The highest BCUT2D eigenvalue weighted by Gasteiger charge is 2.31. The van der Waals surface area contributed by atoms with Crippen LogP contribution in [0.3, 0.4) is 0 Å². The van der Waals surface area contributed by atoms with Crippen LogP contribution >= 0.6 is 0 Å². The van der Waals surface area contributed by atoms with Crippen molar-refractivity contribution in [2.24, 2.45) is 0 Å². The van der Waals surface area contributed by atoms with Crippen molar-refractivity contribution in [2.45, 2.75) is 12.1 Å². The molecule has 0 radical (unpaired) electrons. The summed E-state index contributed by atoms with van der Waals surface area (Å²) in [5, 5.41) is 22.1. The highest BCUT2D eigenvalue weighted by Crippen LogP contribution is 2.34. The summed E-state index contributed by atoms with van der Waals surface area (Å²) in [7, 11) is 0. The molecule has 2 aromatic rings. The third kappa shape index (κ3) is 3.16. The normalized spacial score (nSPS) is 14.7. The minimum atomic E-state index is -1.50. The van der Waals surface area contributed by atoms with Crippen LogP contribution in [0.4, 0.5) is 0 Å². The van der Waals surface area contributed by atoms with Crippen LogP contribution in [0.2, 0.25) is 0 Å². The first-order chi connectivity index (χ1) is 11.6. The molecule has 0 fully saturated rings. The van der Waals surface area contributed by atoms with Crippen molar-refractivity contribution >= 4 is 11.9 Å². The molecule has 24 heavy (non-hydrogen) atoms. The lowest BCUT2D eigenvalue weighted by Crippen LogP contribution is -2.45. The molecule has 7 heteroatoms. The highest BCUT2D eigenvalue weighted by atomic mass is 16.7. The summed E-state index contributed by atoms with van der Waals surface area (Å²) in [4.78, 5) is 23.6. The van der Waals surface area contributed by atoms with E-state index < -0.39 is 24.0 Å². The Labute approximate surface area is 137 Å². The minimum Gasteiger partial charge on any atom is -0.480 e. The molecule has 1 aliphatic rings. The number of carbonyl (C=O) groups is 2. The number of carbonyl (C=O) groups excluding carboxylic acids is 1. The van der Waals surface area contributed by atoms with Crippen molar-refractivity contribution in [1.29, 1.82) is 0 Å². The number of benzene rings is 2. The van der Waals surface area contributed by atoms with Crippen LogP contribution in [0.1, 0.15) is 22.0 Å². The number of carboxylic acid groups (broad SMARTS) is 1. The first kappa shape index (κ1) is 15.8. The van der Waals surface area contributed by atoms with Gasteiger partial charge >= 0.3 is 5.97 Å².